The molecule has 7 heavy (non-hydrogen) atoms. The molecular formula is C4H10N2O. The Kier molecular flexibility index (Phi) is 3.10. The highest BCUT2D eigenvalue weighted by Gasteiger charge is 1.86. The number of carbonyl (C=O) groups excluding carboxylic acids is 1. The van der Waals surface area contributed by atoms with E-state index < -0.39 is 0 Å². The molecule has 0 radical (unpaired) electrons. The van der Waals surface area contributed by atoms with Gasteiger partial charge < -0.3 is 10.6 Å². The smallest absolute Gasteiger partial charge is 0.314 e. The largest absolute Gasteiger partial charge is 0.341 e. The summed E-state index contributed by atoms with van der Waals surface area (Å²) in [6.45, 7) is 2.55. The standard InChI is InChI=1S/C4H10N2O/c1-3-6-4(7)5-2/h3H2,1-2H3,(H2,5,6,7). The topological polar surface area (TPSA) is 41.1 Å². The van der Waals surface area contributed by atoms with Crippen molar-refractivity contribution in [3.8, 4) is 0 Å². The van der Waals surface area contributed by atoms with E-state index in [0.29, 0.717) is 6.54 Å². The van der Waals surface area contributed by atoms with Crippen LogP contribution in [0.3, 0.4) is 0 Å². The van der Waals surface area contributed by atoms with Gasteiger partial charge in [0.2, 0.25) is 0 Å². The summed E-state index contributed by atoms with van der Waals surface area (Å²) in [5.74, 6) is 0. The van der Waals surface area contributed by atoms with Gasteiger partial charge in [0.15, 0.2) is 0 Å². The predicted molar refractivity (Wildman–Crippen MR) is 28.1 cm³/mol. The van der Waals surface area contributed by atoms with E-state index in [2.05, 4.69) is 10.6 Å². The lowest BCUT2D eigenvalue weighted by Gasteiger charge is -1.96. The Balaban J connectivity index is 3.00. The number of hydrogen-bond acceptors (Lipinski definition) is 1. The molecule has 0 rings (SSSR count). The van der Waals surface area contributed by atoms with Gasteiger partial charge in [-0.25, -0.2) is 4.79 Å². The fourth-order valence-corrected chi connectivity index (χ4v) is 0.249. The highest BCUT2D eigenvalue weighted by atomic mass is 16.2. The van der Waals surface area contributed by atoms with E-state index in [0.717, 1.165) is 0 Å². The van der Waals surface area contributed by atoms with Crippen molar-refractivity contribution in [2.24, 2.45) is 0 Å². The van der Waals surface area contributed by atoms with E-state index in [9.17, 15) is 4.79 Å². The van der Waals surface area contributed by atoms with Gasteiger partial charge in [0, 0.05) is 13.6 Å². The molecule has 0 saturated heterocycles. The van der Waals surface area contributed by atoms with Crippen molar-refractivity contribution in [2.45, 2.75) is 6.92 Å². The molecule has 0 spiro atoms. The zero-order chi connectivity index (χ0) is 5.70. The minimum absolute atomic E-state index is 0.123. The highest BCUT2D eigenvalue weighted by molar-refractivity contribution is 5.73. The molecule has 2 amide bonds. The summed E-state index contributed by atoms with van der Waals surface area (Å²) >= 11 is 0. The van der Waals surface area contributed by atoms with Crippen molar-refractivity contribution >= 4 is 6.03 Å². The van der Waals surface area contributed by atoms with Gasteiger partial charge in [-0.2, -0.15) is 0 Å². The van der Waals surface area contributed by atoms with Gasteiger partial charge in [-0.05, 0) is 6.92 Å². The van der Waals surface area contributed by atoms with Crippen LogP contribution in [-0.2, 0) is 0 Å². The zero-order valence-corrected chi connectivity index (χ0v) is 4.62. The maximum absolute atomic E-state index is 10.2. The van der Waals surface area contributed by atoms with Crippen molar-refractivity contribution in [2.75, 3.05) is 13.6 Å². The van der Waals surface area contributed by atoms with Gasteiger partial charge in [0.05, 0.1) is 0 Å². The Hall–Kier alpha value is -0.730. The lowest BCUT2D eigenvalue weighted by atomic mass is 10.7. The maximum Gasteiger partial charge on any atom is 0.314 e. The number of hydrogen-bond donors (Lipinski definition) is 2. The van der Waals surface area contributed by atoms with Crippen molar-refractivity contribution in [1.82, 2.24) is 10.6 Å². The van der Waals surface area contributed by atoms with Gasteiger partial charge in [-0.3, -0.25) is 0 Å². The monoisotopic (exact) mass is 102 g/mol. The van der Waals surface area contributed by atoms with E-state index in [1.165, 1.54) is 0 Å². The first kappa shape index (κ1) is 6.27. The van der Waals surface area contributed by atoms with Crippen LogP contribution >= 0.6 is 0 Å². The summed E-state index contributed by atoms with van der Waals surface area (Å²) in [6.07, 6.45) is 0. The fourth-order valence-electron chi connectivity index (χ4n) is 0.249. The molecule has 3 heteroatoms. The van der Waals surface area contributed by atoms with Crippen LogP contribution in [0.25, 0.3) is 0 Å². The molecule has 2 N–H and O–H groups in total. The first-order chi connectivity index (χ1) is 3.31. The van der Waals surface area contributed by atoms with Crippen LogP contribution in [0, 0.1) is 0 Å². The molecule has 0 bridgehead atoms. The van der Waals surface area contributed by atoms with Gasteiger partial charge in [0.1, 0.15) is 0 Å². The first-order valence-corrected chi connectivity index (χ1v) is 2.26. The molecule has 0 aliphatic carbocycles. The zero-order valence-electron chi connectivity index (χ0n) is 4.62. The van der Waals surface area contributed by atoms with Crippen LogP contribution in [0.5, 0.6) is 0 Å². The second kappa shape index (κ2) is 3.46. The molecule has 0 atom stereocenters. The highest BCUT2D eigenvalue weighted by Crippen LogP contribution is 1.55. The van der Waals surface area contributed by atoms with E-state index >= 15 is 0 Å². The molecule has 3 nitrogen and oxygen atoms in total. The first-order valence-electron chi connectivity index (χ1n) is 2.26. The van der Waals surface area contributed by atoms with E-state index in [-0.39, 0.29) is 6.03 Å². The third kappa shape index (κ3) is 3.09. The van der Waals surface area contributed by atoms with E-state index in [4.69, 9.17) is 0 Å². The molecule has 42 valence electrons. The Morgan fingerprint density at radius 2 is 2.29 bits per heavy atom. The molecule has 0 aliphatic rings. The maximum atomic E-state index is 10.2. The van der Waals surface area contributed by atoms with E-state index in [1.54, 1.807) is 7.05 Å². The summed E-state index contributed by atoms with van der Waals surface area (Å²) in [5, 5.41) is 4.96. The molecule has 0 aromatic rings. The van der Waals surface area contributed by atoms with Gasteiger partial charge >= 0.3 is 6.03 Å². The van der Waals surface area contributed by atoms with Crippen molar-refractivity contribution in [3.05, 3.63) is 0 Å². The molecule has 0 aliphatic heterocycles. The Bertz CT molecular complexity index is 62.7. The second-order valence-electron chi connectivity index (χ2n) is 1.11. The van der Waals surface area contributed by atoms with Crippen LogP contribution in [-0.4, -0.2) is 19.6 Å². The summed E-state index contributed by atoms with van der Waals surface area (Å²) < 4.78 is 0. The number of urea groups is 1. The average molecular weight is 102 g/mol. The molecule has 0 aromatic carbocycles. The van der Waals surface area contributed by atoms with Crippen LogP contribution in [0.1, 0.15) is 6.92 Å². The number of amides is 2. The Morgan fingerprint density at radius 1 is 1.71 bits per heavy atom. The molecular weight excluding hydrogens is 92.1 g/mol. The third-order valence-corrected chi connectivity index (χ3v) is 0.564. The van der Waals surface area contributed by atoms with Gasteiger partial charge in [-0.15, -0.1) is 0 Å². The van der Waals surface area contributed by atoms with Crippen LogP contribution < -0.4 is 10.6 Å². The minimum Gasteiger partial charge on any atom is -0.341 e. The molecule has 0 aromatic heterocycles. The third-order valence-electron chi connectivity index (χ3n) is 0.564. The molecule has 0 saturated carbocycles. The van der Waals surface area contributed by atoms with Crippen molar-refractivity contribution < 1.29 is 4.79 Å². The SMILES string of the molecule is CCNC(=O)NC. The summed E-state index contributed by atoms with van der Waals surface area (Å²) in [5.41, 5.74) is 0. The summed E-state index contributed by atoms with van der Waals surface area (Å²) in [4.78, 5) is 10.2. The van der Waals surface area contributed by atoms with Crippen molar-refractivity contribution in [1.29, 1.82) is 0 Å². The van der Waals surface area contributed by atoms with Gasteiger partial charge in [0.25, 0.3) is 0 Å². The number of carbonyl (C=O) groups is 1. The predicted octanol–water partition coefficient (Wildman–Crippen LogP) is -0.0647. The Labute approximate surface area is 43.1 Å². The summed E-state index contributed by atoms with van der Waals surface area (Å²) in [6, 6.07) is -0.123. The summed E-state index contributed by atoms with van der Waals surface area (Å²) in [7, 11) is 1.59. The Morgan fingerprint density at radius 3 is 2.43 bits per heavy atom. The minimum atomic E-state index is -0.123. The molecule has 0 unspecified atom stereocenters. The van der Waals surface area contributed by atoms with Crippen LogP contribution in [0.4, 0.5) is 4.79 Å². The number of nitrogens with one attached hydrogen (secondary N) is 2. The van der Waals surface area contributed by atoms with Crippen molar-refractivity contribution in [3.63, 3.8) is 0 Å². The van der Waals surface area contributed by atoms with Gasteiger partial charge in [-0.1, -0.05) is 0 Å². The van der Waals surface area contributed by atoms with E-state index in [1.807, 2.05) is 6.92 Å². The lowest BCUT2D eigenvalue weighted by Crippen LogP contribution is -2.32. The quantitative estimate of drug-likeness (QED) is 0.478. The second-order valence-corrected chi connectivity index (χ2v) is 1.11. The molecule has 0 fully saturated rings. The van der Waals surface area contributed by atoms with Crippen LogP contribution in [0.15, 0.2) is 0 Å². The molecule has 0 heterocycles. The normalized spacial score (nSPS) is 7.71. The fraction of sp³-hybridized carbons (Fsp3) is 0.750. The lowest BCUT2D eigenvalue weighted by molar-refractivity contribution is 0.243. The van der Waals surface area contributed by atoms with Crippen LogP contribution in [0.2, 0.25) is 0 Å². The average Bonchev–Trinajstić information content (AvgIpc) is 1.68. The number of rotatable bonds is 1.